The standard InChI is InChI=1S/C16H29N3O/c1-4-6-7-11-18-15(17-3)19-13-12-14(20-5-2)16(13)9-8-10-16/h4,6,13-14H,5,7-12H2,1-3H3,(H2,17,18,19)/b6-4+. The van der Waals surface area contributed by atoms with Crippen molar-refractivity contribution in [2.45, 2.75) is 58.1 Å². The Labute approximate surface area is 123 Å². The number of ether oxygens (including phenoxy) is 1. The molecule has 0 aromatic rings. The monoisotopic (exact) mass is 279 g/mol. The highest BCUT2D eigenvalue weighted by atomic mass is 16.5. The Morgan fingerprint density at radius 1 is 1.45 bits per heavy atom. The van der Waals surface area contributed by atoms with Crippen molar-refractivity contribution >= 4 is 5.96 Å². The fourth-order valence-corrected chi connectivity index (χ4v) is 3.44. The van der Waals surface area contributed by atoms with Crippen molar-refractivity contribution in [1.29, 1.82) is 0 Å². The van der Waals surface area contributed by atoms with E-state index in [1.165, 1.54) is 19.3 Å². The highest BCUT2D eigenvalue weighted by molar-refractivity contribution is 5.80. The number of allylic oxidation sites excluding steroid dienone is 1. The SMILES string of the molecule is C/C=C/CCNC(=NC)NC1CC(OCC)C12CCC2. The number of hydrogen-bond acceptors (Lipinski definition) is 2. The van der Waals surface area contributed by atoms with Crippen LogP contribution in [0.5, 0.6) is 0 Å². The lowest BCUT2D eigenvalue weighted by Crippen LogP contribution is -2.68. The van der Waals surface area contributed by atoms with Crippen LogP contribution in [0.4, 0.5) is 0 Å². The summed E-state index contributed by atoms with van der Waals surface area (Å²) >= 11 is 0. The maximum Gasteiger partial charge on any atom is 0.191 e. The average Bonchev–Trinajstić information content (AvgIpc) is 2.38. The van der Waals surface area contributed by atoms with E-state index in [-0.39, 0.29) is 0 Å². The van der Waals surface area contributed by atoms with E-state index in [9.17, 15) is 0 Å². The van der Waals surface area contributed by atoms with Gasteiger partial charge in [0.05, 0.1) is 6.10 Å². The van der Waals surface area contributed by atoms with Crippen molar-refractivity contribution in [3.05, 3.63) is 12.2 Å². The highest BCUT2D eigenvalue weighted by Gasteiger charge is 2.59. The summed E-state index contributed by atoms with van der Waals surface area (Å²) in [5, 5.41) is 6.98. The van der Waals surface area contributed by atoms with Gasteiger partial charge in [0.15, 0.2) is 5.96 Å². The molecule has 0 aliphatic heterocycles. The summed E-state index contributed by atoms with van der Waals surface area (Å²) in [5.74, 6) is 0.931. The second-order valence-electron chi connectivity index (χ2n) is 5.82. The van der Waals surface area contributed by atoms with Gasteiger partial charge in [0.2, 0.25) is 0 Å². The van der Waals surface area contributed by atoms with Crippen LogP contribution in [0.3, 0.4) is 0 Å². The molecular formula is C16H29N3O. The second kappa shape index (κ2) is 7.11. The van der Waals surface area contributed by atoms with Crippen molar-refractivity contribution in [3.8, 4) is 0 Å². The minimum atomic E-state index is 0.386. The van der Waals surface area contributed by atoms with E-state index in [4.69, 9.17) is 4.74 Å². The molecule has 0 radical (unpaired) electrons. The fourth-order valence-electron chi connectivity index (χ4n) is 3.44. The summed E-state index contributed by atoms with van der Waals surface area (Å²) < 4.78 is 5.88. The summed E-state index contributed by atoms with van der Waals surface area (Å²) in [6.45, 7) is 5.90. The first-order valence-corrected chi connectivity index (χ1v) is 7.96. The van der Waals surface area contributed by atoms with Gasteiger partial charge in [-0.3, -0.25) is 4.99 Å². The molecule has 4 nitrogen and oxygen atoms in total. The van der Waals surface area contributed by atoms with Gasteiger partial charge >= 0.3 is 0 Å². The van der Waals surface area contributed by atoms with Crippen LogP contribution >= 0.6 is 0 Å². The van der Waals surface area contributed by atoms with Gasteiger partial charge in [0.1, 0.15) is 0 Å². The van der Waals surface area contributed by atoms with E-state index >= 15 is 0 Å². The van der Waals surface area contributed by atoms with E-state index in [1.807, 2.05) is 7.05 Å². The zero-order valence-corrected chi connectivity index (χ0v) is 13.1. The Kier molecular flexibility index (Phi) is 5.46. The number of rotatable bonds is 6. The van der Waals surface area contributed by atoms with Gasteiger partial charge in [-0.2, -0.15) is 0 Å². The van der Waals surface area contributed by atoms with Crippen molar-refractivity contribution < 1.29 is 4.74 Å². The third kappa shape index (κ3) is 3.00. The molecule has 0 bridgehead atoms. The lowest BCUT2D eigenvalue weighted by molar-refractivity contribution is -0.168. The zero-order chi connectivity index (χ0) is 14.4. The molecule has 2 aliphatic rings. The molecule has 0 aromatic heterocycles. The van der Waals surface area contributed by atoms with Gasteiger partial charge in [0, 0.05) is 31.7 Å². The number of hydrogen-bond donors (Lipinski definition) is 2. The Hall–Kier alpha value is -1.03. The van der Waals surface area contributed by atoms with Crippen LogP contribution in [0.2, 0.25) is 0 Å². The first-order valence-electron chi connectivity index (χ1n) is 7.96. The van der Waals surface area contributed by atoms with Crippen LogP contribution in [-0.2, 0) is 4.74 Å². The average molecular weight is 279 g/mol. The van der Waals surface area contributed by atoms with Crippen LogP contribution in [-0.4, -0.2) is 38.3 Å². The van der Waals surface area contributed by atoms with Crippen molar-refractivity contribution in [1.82, 2.24) is 10.6 Å². The molecule has 2 atom stereocenters. The summed E-state index contributed by atoms with van der Waals surface area (Å²) in [6.07, 6.45) is 10.8. The van der Waals surface area contributed by atoms with E-state index in [0.29, 0.717) is 17.6 Å². The quantitative estimate of drug-likeness (QED) is 0.340. The molecular weight excluding hydrogens is 250 g/mol. The molecule has 2 fully saturated rings. The van der Waals surface area contributed by atoms with Gasteiger partial charge in [-0.05, 0) is 39.5 Å². The number of aliphatic imine (C=N–C) groups is 1. The molecule has 4 heteroatoms. The van der Waals surface area contributed by atoms with Crippen LogP contribution in [0.25, 0.3) is 0 Å². The van der Waals surface area contributed by atoms with Gasteiger partial charge < -0.3 is 15.4 Å². The molecule has 2 aliphatic carbocycles. The first kappa shape index (κ1) is 15.4. The first-order chi connectivity index (χ1) is 9.76. The van der Waals surface area contributed by atoms with Gasteiger partial charge in [-0.15, -0.1) is 0 Å². The van der Waals surface area contributed by atoms with Crippen LogP contribution < -0.4 is 10.6 Å². The summed E-state index contributed by atoms with van der Waals surface area (Å²) in [6, 6.07) is 0.528. The van der Waals surface area contributed by atoms with Crippen LogP contribution in [0, 0.1) is 5.41 Å². The van der Waals surface area contributed by atoms with E-state index in [2.05, 4.69) is 41.6 Å². The van der Waals surface area contributed by atoms with Gasteiger partial charge in [0.25, 0.3) is 0 Å². The number of nitrogens with one attached hydrogen (secondary N) is 2. The minimum absolute atomic E-state index is 0.386. The van der Waals surface area contributed by atoms with Crippen LogP contribution in [0.15, 0.2) is 17.1 Å². The number of nitrogens with zero attached hydrogens (tertiary/aromatic N) is 1. The summed E-state index contributed by atoms with van der Waals surface area (Å²) in [5.41, 5.74) is 0.386. The van der Waals surface area contributed by atoms with Crippen LogP contribution in [0.1, 0.15) is 46.0 Å². The Balaban J connectivity index is 1.80. The molecule has 2 N–H and O–H groups in total. The van der Waals surface area contributed by atoms with Crippen molar-refractivity contribution in [3.63, 3.8) is 0 Å². The molecule has 0 heterocycles. The minimum Gasteiger partial charge on any atom is -0.378 e. The van der Waals surface area contributed by atoms with Crippen molar-refractivity contribution in [2.75, 3.05) is 20.2 Å². The maximum atomic E-state index is 5.88. The van der Waals surface area contributed by atoms with Gasteiger partial charge in [-0.25, -0.2) is 0 Å². The molecule has 20 heavy (non-hydrogen) atoms. The molecule has 0 aromatic carbocycles. The Morgan fingerprint density at radius 3 is 2.80 bits per heavy atom. The van der Waals surface area contributed by atoms with Crippen molar-refractivity contribution in [2.24, 2.45) is 10.4 Å². The molecule has 2 unspecified atom stereocenters. The molecule has 2 saturated carbocycles. The largest absolute Gasteiger partial charge is 0.378 e. The maximum absolute atomic E-state index is 5.88. The van der Waals surface area contributed by atoms with E-state index < -0.39 is 0 Å². The Morgan fingerprint density at radius 2 is 2.25 bits per heavy atom. The van der Waals surface area contributed by atoms with E-state index in [1.54, 1.807) is 0 Å². The molecule has 0 amide bonds. The predicted octanol–water partition coefficient (Wildman–Crippen LogP) is 2.47. The smallest absolute Gasteiger partial charge is 0.191 e. The summed E-state index contributed by atoms with van der Waals surface area (Å²) in [7, 11) is 1.84. The third-order valence-corrected chi connectivity index (χ3v) is 4.81. The fraction of sp³-hybridized carbons (Fsp3) is 0.812. The number of guanidine groups is 1. The normalized spacial score (nSPS) is 28.2. The van der Waals surface area contributed by atoms with E-state index in [0.717, 1.165) is 32.0 Å². The lowest BCUT2D eigenvalue weighted by atomic mass is 9.51. The zero-order valence-electron chi connectivity index (χ0n) is 13.1. The molecule has 2 rings (SSSR count). The lowest BCUT2D eigenvalue weighted by Gasteiger charge is -2.61. The second-order valence-corrected chi connectivity index (χ2v) is 5.82. The summed E-state index contributed by atoms with van der Waals surface area (Å²) in [4.78, 5) is 4.33. The molecule has 1 spiro atoms. The predicted molar refractivity (Wildman–Crippen MR) is 84.0 cm³/mol. The van der Waals surface area contributed by atoms with Gasteiger partial charge in [-0.1, -0.05) is 18.6 Å². The topological polar surface area (TPSA) is 45.7 Å². The third-order valence-electron chi connectivity index (χ3n) is 4.81. The highest BCUT2D eigenvalue weighted by Crippen LogP contribution is 2.57. The Bertz CT molecular complexity index is 361. The molecule has 114 valence electrons. The molecule has 0 saturated heterocycles.